The van der Waals surface area contributed by atoms with Gasteiger partial charge in [0.1, 0.15) is 6.10 Å². The smallest absolute Gasteiger partial charge is 0.106 e. The van der Waals surface area contributed by atoms with Gasteiger partial charge in [0.25, 0.3) is 0 Å². The van der Waals surface area contributed by atoms with Crippen LogP contribution in [-0.4, -0.2) is 12.6 Å². The highest BCUT2D eigenvalue weighted by Crippen LogP contribution is 2.27. The van der Waals surface area contributed by atoms with Crippen molar-refractivity contribution in [1.82, 2.24) is 0 Å². The first-order valence-electron chi connectivity index (χ1n) is 6.08. The summed E-state index contributed by atoms with van der Waals surface area (Å²) in [6.07, 6.45) is 3.65. The third-order valence-corrected chi connectivity index (χ3v) is 3.63. The normalized spacial score (nSPS) is 15.0. The lowest BCUT2D eigenvalue weighted by atomic mass is 10.1. The van der Waals surface area contributed by atoms with Gasteiger partial charge in [-0.25, -0.2) is 0 Å². The number of rotatable bonds is 7. The summed E-state index contributed by atoms with van der Waals surface area (Å²) >= 11 is 1.78. The molecule has 1 heterocycles. The fraction of sp³-hybridized carbons (Fsp3) is 0.692. The van der Waals surface area contributed by atoms with Crippen LogP contribution in [0, 0.1) is 6.92 Å². The lowest BCUT2D eigenvalue weighted by molar-refractivity contribution is 0.0384. The first-order chi connectivity index (χ1) is 7.65. The molecule has 1 aromatic rings. The molecule has 2 nitrogen and oxygen atoms in total. The first-order valence-corrected chi connectivity index (χ1v) is 6.90. The molecule has 1 aromatic heterocycles. The number of unbranched alkanes of at least 4 members (excludes halogenated alkanes) is 2. The van der Waals surface area contributed by atoms with Gasteiger partial charge in [-0.05, 0) is 32.4 Å². The van der Waals surface area contributed by atoms with E-state index in [-0.39, 0.29) is 12.1 Å². The molecule has 2 unspecified atom stereocenters. The van der Waals surface area contributed by atoms with Gasteiger partial charge in [-0.2, -0.15) is 0 Å². The Morgan fingerprint density at radius 1 is 1.38 bits per heavy atom. The summed E-state index contributed by atoms with van der Waals surface area (Å²) in [5.74, 6) is 0. The van der Waals surface area contributed by atoms with E-state index in [1.165, 1.54) is 22.6 Å². The fourth-order valence-electron chi connectivity index (χ4n) is 1.66. The van der Waals surface area contributed by atoms with Crippen LogP contribution >= 0.6 is 11.3 Å². The van der Waals surface area contributed by atoms with Gasteiger partial charge in [0.15, 0.2) is 0 Å². The van der Waals surface area contributed by atoms with Gasteiger partial charge in [-0.3, -0.25) is 0 Å². The molecule has 2 atom stereocenters. The van der Waals surface area contributed by atoms with E-state index in [0.717, 1.165) is 13.0 Å². The third kappa shape index (κ3) is 4.24. The molecule has 0 aliphatic heterocycles. The molecule has 0 saturated heterocycles. The maximum atomic E-state index is 5.97. The van der Waals surface area contributed by atoms with Gasteiger partial charge in [-0.1, -0.05) is 19.8 Å². The summed E-state index contributed by atoms with van der Waals surface area (Å²) in [4.78, 5) is 2.57. The number of nitrogens with two attached hydrogens (primary N) is 1. The van der Waals surface area contributed by atoms with Crippen LogP contribution in [0.1, 0.15) is 49.0 Å². The quantitative estimate of drug-likeness (QED) is 0.740. The van der Waals surface area contributed by atoms with E-state index in [0.29, 0.717) is 0 Å². The molecule has 0 radical (unpaired) electrons. The van der Waals surface area contributed by atoms with Crippen LogP contribution < -0.4 is 5.73 Å². The van der Waals surface area contributed by atoms with Crippen LogP contribution in [0.3, 0.4) is 0 Å². The topological polar surface area (TPSA) is 35.2 Å². The van der Waals surface area contributed by atoms with Crippen molar-refractivity contribution in [2.45, 2.75) is 52.2 Å². The third-order valence-electron chi connectivity index (χ3n) is 2.56. The molecular formula is C13H23NOS. The maximum Gasteiger partial charge on any atom is 0.106 e. The average Bonchev–Trinajstić information content (AvgIpc) is 2.64. The SMILES string of the molecule is CCCCCOC(c1ccc(C)s1)C(C)N. The molecule has 0 aliphatic carbocycles. The van der Waals surface area contributed by atoms with Gasteiger partial charge in [0.05, 0.1) is 0 Å². The minimum Gasteiger partial charge on any atom is -0.371 e. The molecule has 0 fully saturated rings. The highest BCUT2D eigenvalue weighted by molar-refractivity contribution is 7.12. The molecule has 0 saturated carbocycles. The zero-order chi connectivity index (χ0) is 12.0. The van der Waals surface area contributed by atoms with E-state index in [1.54, 1.807) is 11.3 Å². The number of thiophene rings is 1. The Bertz CT molecular complexity index is 296. The highest BCUT2D eigenvalue weighted by Gasteiger charge is 2.18. The van der Waals surface area contributed by atoms with Crippen LogP contribution in [0.15, 0.2) is 12.1 Å². The zero-order valence-electron chi connectivity index (χ0n) is 10.5. The molecule has 0 spiro atoms. The Morgan fingerprint density at radius 3 is 2.62 bits per heavy atom. The van der Waals surface area contributed by atoms with E-state index in [9.17, 15) is 0 Å². The number of aryl methyl sites for hydroxylation is 1. The summed E-state index contributed by atoms with van der Waals surface area (Å²) in [5, 5.41) is 0. The predicted molar refractivity (Wildman–Crippen MR) is 70.9 cm³/mol. The predicted octanol–water partition coefficient (Wildman–Crippen LogP) is 3.65. The van der Waals surface area contributed by atoms with Crippen LogP contribution in [0.5, 0.6) is 0 Å². The molecule has 0 aromatic carbocycles. The van der Waals surface area contributed by atoms with Crippen molar-refractivity contribution < 1.29 is 4.74 Å². The summed E-state index contributed by atoms with van der Waals surface area (Å²) in [7, 11) is 0. The van der Waals surface area contributed by atoms with Crippen LogP contribution in [0.2, 0.25) is 0 Å². The van der Waals surface area contributed by atoms with Gasteiger partial charge in [0, 0.05) is 22.4 Å². The largest absolute Gasteiger partial charge is 0.371 e. The Morgan fingerprint density at radius 2 is 2.12 bits per heavy atom. The molecule has 16 heavy (non-hydrogen) atoms. The van der Waals surface area contributed by atoms with Crippen molar-refractivity contribution in [3.63, 3.8) is 0 Å². The second-order valence-electron chi connectivity index (χ2n) is 4.31. The van der Waals surface area contributed by atoms with Gasteiger partial charge >= 0.3 is 0 Å². The Balaban J connectivity index is 2.48. The van der Waals surface area contributed by atoms with E-state index >= 15 is 0 Å². The van der Waals surface area contributed by atoms with Crippen LogP contribution in [0.25, 0.3) is 0 Å². The molecule has 92 valence electrons. The molecule has 0 aliphatic rings. The average molecular weight is 241 g/mol. The number of hydrogen-bond acceptors (Lipinski definition) is 3. The molecule has 0 bridgehead atoms. The monoisotopic (exact) mass is 241 g/mol. The van der Waals surface area contributed by atoms with E-state index in [4.69, 9.17) is 10.5 Å². The van der Waals surface area contributed by atoms with E-state index < -0.39 is 0 Å². The lowest BCUT2D eigenvalue weighted by Gasteiger charge is -2.20. The maximum absolute atomic E-state index is 5.97. The fourth-order valence-corrected chi connectivity index (χ4v) is 2.70. The summed E-state index contributed by atoms with van der Waals surface area (Å²) in [6.45, 7) is 7.14. The van der Waals surface area contributed by atoms with Crippen molar-refractivity contribution >= 4 is 11.3 Å². The van der Waals surface area contributed by atoms with Crippen molar-refractivity contribution in [2.24, 2.45) is 5.73 Å². The first kappa shape index (κ1) is 13.7. The van der Waals surface area contributed by atoms with Crippen molar-refractivity contribution in [3.8, 4) is 0 Å². The van der Waals surface area contributed by atoms with Crippen LogP contribution in [0.4, 0.5) is 0 Å². The van der Waals surface area contributed by atoms with Gasteiger partial charge in [-0.15, -0.1) is 11.3 Å². The summed E-state index contributed by atoms with van der Waals surface area (Å²) in [5.41, 5.74) is 5.97. The minimum absolute atomic E-state index is 0.0553. The summed E-state index contributed by atoms with van der Waals surface area (Å²) in [6, 6.07) is 4.32. The summed E-state index contributed by atoms with van der Waals surface area (Å²) < 4.78 is 5.89. The van der Waals surface area contributed by atoms with Crippen molar-refractivity contribution in [1.29, 1.82) is 0 Å². The van der Waals surface area contributed by atoms with Gasteiger partial charge in [0.2, 0.25) is 0 Å². The molecule has 3 heteroatoms. The second-order valence-corrected chi connectivity index (χ2v) is 5.63. The van der Waals surface area contributed by atoms with Crippen molar-refractivity contribution in [2.75, 3.05) is 6.61 Å². The molecule has 0 amide bonds. The minimum atomic E-state index is 0.0553. The number of hydrogen-bond donors (Lipinski definition) is 1. The standard InChI is InChI=1S/C13H23NOS/c1-4-5-6-9-15-13(11(3)14)12-8-7-10(2)16-12/h7-8,11,13H,4-6,9,14H2,1-3H3. The Hall–Kier alpha value is -0.380. The van der Waals surface area contributed by atoms with E-state index in [1.807, 2.05) is 6.92 Å². The zero-order valence-corrected chi connectivity index (χ0v) is 11.3. The van der Waals surface area contributed by atoms with Crippen LogP contribution in [-0.2, 0) is 4.74 Å². The molecule has 2 N–H and O–H groups in total. The lowest BCUT2D eigenvalue weighted by Crippen LogP contribution is -2.26. The Kier molecular flexibility index (Phi) is 6.03. The van der Waals surface area contributed by atoms with E-state index in [2.05, 4.69) is 26.0 Å². The second kappa shape index (κ2) is 7.05. The highest BCUT2D eigenvalue weighted by atomic mass is 32.1. The molecular weight excluding hydrogens is 218 g/mol. The number of ether oxygens (including phenoxy) is 1. The Labute approximate surface area is 103 Å². The van der Waals surface area contributed by atoms with Crippen molar-refractivity contribution in [3.05, 3.63) is 21.9 Å². The molecule has 1 rings (SSSR count). The van der Waals surface area contributed by atoms with Gasteiger partial charge < -0.3 is 10.5 Å².